The molecule has 0 aliphatic rings. The second-order valence-electron chi connectivity index (χ2n) is 10.6. The minimum Gasteiger partial charge on any atom is -0.515 e. The number of carbonyl (C=O) groups is 2. The van der Waals surface area contributed by atoms with Crippen LogP contribution in [0.15, 0.2) is 158 Å². The Balaban J connectivity index is 0.000000260. The summed E-state index contributed by atoms with van der Waals surface area (Å²) in [4.78, 5) is 24.8. The molecule has 0 atom stereocenters. The Kier molecular flexibility index (Phi) is 13.5. The van der Waals surface area contributed by atoms with Gasteiger partial charge >= 0.3 is 11.9 Å². The van der Waals surface area contributed by atoms with Gasteiger partial charge in [-0.1, -0.05) is 168 Å². The van der Waals surface area contributed by atoms with Crippen molar-refractivity contribution in [3.63, 3.8) is 0 Å². The molecule has 0 saturated heterocycles. The van der Waals surface area contributed by atoms with Gasteiger partial charge in [-0.05, 0) is 47.5 Å². The fraction of sp³-hybridized carbons (Fsp3) is 0.150. The van der Waals surface area contributed by atoms with E-state index in [4.69, 9.17) is 4.74 Å². The third-order valence-corrected chi connectivity index (χ3v) is 7.90. The number of alkyl halides is 1. The third kappa shape index (κ3) is 8.40. The number of esters is 1. The van der Waals surface area contributed by atoms with E-state index < -0.39 is 16.8 Å². The van der Waals surface area contributed by atoms with Crippen LogP contribution in [0.4, 0.5) is 0 Å². The van der Waals surface area contributed by atoms with E-state index in [2.05, 4.69) is 15.9 Å². The molecule has 0 radical (unpaired) electrons. The average Bonchev–Trinajstić information content (AvgIpc) is 3.14. The molecule has 5 aromatic rings. The highest BCUT2D eigenvalue weighted by Gasteiger charge is 2.39. The topological polar surface area (TPSA) is 83.8 Å². The summed E-state index contributed by atoms with van der Waals surface area (Å²) >= 11 is 2.94. The van der Waals surface area contributed by atoms with Crippen molar-refractivity contribution in [3.05, 3.63) is 186 Å². The molecular formula is C40H39BrO5. The predicted molar refractivity (Wildman–Crippen MR) is 189 cm³/mol. The van der Waals surface area contributed by atoms with E-state index in [1.54, 1.807) is 6.92 Å². The number of carbonyl (C=O) groups excluding carboxylic acids is 1. The van der Waals surface area contributed by atoms with E-state index >= 15 is 0 Å². The smallest absolute Gasteiger partial charge is 0.321 e. The van der Waals surface area contributed by atoms with Crippen LogP contribution in [0, 0.1) is 0 Å². The van der Waals surface area contributed by atoms with Gasteiger partial charge in [0.25, 0.3) is 0 Å². The van der Waals surface area contributed by atoms with E-state index in [0.29, 0.717) is 5.57 Å². The lowest BCUT2D eigenvalue weighted by Crippen LogP contribution is -2.36. The maximum absolute atomic E-state index is 13.2. The summed E-state index contributed by atoms with van der Waals surface area (Å²) in [6, 6.07) is 47.2. The molecule has 0 unspecified atom stereocenters. The highest BCUT2D eigenvalue weighted by molar-refractivity contribution is 9.08. The van der Waals surface area contributed by atoms with Crippen molar-refractivity contribution in [2.75, 3.05) is 12.4 Å². The van der Waals surface area contributed by atoms with Crippen molar-refractivity contribution in [1.82, 2.24) is 0 Å². The SMILES string of the molecule is CBr.CC(C(=O)O)(c1ccccc1)c1ccccc1.CC(C(=O)OCC(=CO)c1ccccc1)(c1ccccc1)c1ccccc1. The van der Waals surface area contributed by atoms with Crippen molar-refractivity contribution >= 4 is 33.4 Å². The standard InChI is InChI=1S/C24H22O3.C15H14O2.CH3Br/c1-24(21-13-7-3-8-14-21,22-15-9-4-10-16-22)23(26)27-18-20(17-25)19-11-5-2-6-12-19;1-15(14(16)17,12-8-4-2-5-9-12)13-10-6-3-7-11-13;1-2/h2-17,25H,18H2,1H3;2-11H,1H3,(H,16,17);1H3. The van der Waals surface area contributed by atoms with Crippen molar-refractivity contribution in [2.45, 2.75) is 24.7 Å². The molecule has 46 heavy (non-hydrogen) atoms. The Labute approximate surface area is 280 Å². The lowest BCUT2D eigenvalue weighted by Gasteiger charge is -2.28. The van der Waals surface area contributed by atoms with Gasteiger partial charge in [0.1, 0.15) is 17.4 Å². The van der Waals surface area contributed by atoms with Crippen molar-refractivity contribution in [3.8, 4) is 0 Å². The summed E-state index contributed by atoms with van der Waals surface area (Å²) in [7, 11) is 0. The highest BCUT2D eigenvalue weighted by Crippen LogP contribution is 2.34. The molecule has 0 aliphatic carbocycles. The van der Waals surface area contributed by atoms with Crippen molar-refractivity contribution in [2.24, 2.45) is 0 Å². The Morgan fingerprint density at radius 1 is 0.587 bits per heavy atom. The maximum Gasteiger partial charge on any atom is 0.321 e. The Morgan fingerprint density at radius 3 is 1.20 bits per heavy atom. The minimum absolute atomic E-state index is 0.00535. The number of carboxylic acid groups (broad SMARTS) is 1. The van der Waals surface area contributed by atoms with Crippen LogP contribution in [0.25, 0.3) is 5.57 Å². The molecule has 236 valence electrons. The number of hydrogen-bond acceptors (Lipinski definition) is 4. The summed E-state index contributed by atoms with van der Waals surface area (Å²) in [6.45, 7) is 3.60. The zero-order valence-corrected chi connectivity index (χ0v) is 27.8. The normalized spacial score (nSPS) is 11.2. The van der Waals surface area contributed by atoms with E-state index in [9.17, 15) is 19.8 Å². The van der Waals surface area contributed by atoms with Gasteiger partial charge in [0.05, 0.1) is 6.26 Å². The molecule has 0 aliphatic heterocycles. The first kappa shape index (κ1) is 35.5. The summed E-state index contributed by atoms with van der Waals surface area (Å²) < 4.78 is 5.66. The quantitative estimate of drug-likeness (QED) is 0.0922. The lowest BCUT2D eigenvalue weighted by atomic mass is 9.76. The molecule has 0 saturated carbocycles. The number of benzene rings is 5. The second kappa shape index (κ2) is 17.5. The molecule has 5 rings (SSSR count). The second-order valence-corrected chi connectivity index (χ2v) is 10.6. The predicted octanol–water partition coefficient (Wildman–Crippen LogP) is 9.22. The first-order valence-corrected chi connectivity index (χ1v) is 16.3. The molecule has 0 bridgehead atoms. The van der Waals surface area contributed by atoms with Crippen LogP contribution < -0.4 is 0 Å². The fourth-order valence-electron chi connectivity index (χ4n) is 5.04. The largest absolute Gasteiger partial charge is 0.515 e. The van der Waals surface area contributed by atoms with Crippen LogP contribution >= 0.6 is 15.9 Å². The van der Waals surface area contributed by atoms with Gasteiger partial charge < -0.3 is 14.9 Å². The van der Waals surface area contributed by atoms with E-state index in [1.807, 2.05) is 164 Å². The van der Waals surface area contributed by atoms with Gasteiger partial charge in [-0.25, -0.2) is 0 Å². The number of ether oxygens (including phenoxy) is 1. The molecular weight excluding hydrogens is 640 g/mol. The summed E-state index contributed by atoms with van der Waals surface area (Å²) in [5.74, 6) is 0.609. The van der Waals surface area contributed by atoms with Gasteiger partial charge in [-0.15, -0.1) is 0 Å². The zero-order chi connectivity index (χ0) is 33.4. The number of aliphatic hydroxyl groups excluding tert-OH is 1. The Hall–Kier alpha value is -4.94. The molecule has 0 amide bonds. The summed E-state index contributed by atoms with van der Waals surface area (Å²) in [5, 5.41) is 19.1. The Bertz CT molecular complexity index is 1580. The number of aliphatic hydroxyl groups is 1. The summed E-state index contributed by atoms with van der Waals surface area (Å²) in [5.41, 5.74) is 2.71. The van der Waals surface area contributed by atoms with Crippen LogP contribution in [0.1, 0.15) is 41.7 Å². The number of rotatable bonds is 9. The molecule has 0 spiro atoms. The average molecular weight is 680 g/mol. The maximum atomic E-state index is 13.2. The number of hydrogen-bond donors (Lipinski definition) is 2. The Morgan fingerprint density at radius 2 is 0.891 bits per heavy atom. The minimum atomic E-state index is -0.998. The first-order valence-electron chi connectivity index (χ1n) is 14.7. The monoisotopic (exact) mass is 678 g/mol. The molecule has 0 heterocycles. The van der Waals surface area contributed by atoms with Crippen LogP contribution in [-0.4, -0.2) is 34.6 Å². The molecule has 5 aromatic carbocycles. The first-order chi connectivity index (χ1) is 22.3. The molecule has 0 fully saturated rings. The van der Waals surface area contributed by atoms with Crippen LogP contribution in [-0.2, 0) is 25.2 Å². The molecule has 0 aromatic heterocycles. The van der Waals surface area contributed by atoms with Crippen molar-refractivity contribution < 1.29 is 24.5 Å². The van der Waals surface area contributed by atoms with Crippen molar-refractivity contribution in [1.29, 1.82) is 0 Å². The van der Waals surface area contributed by atoms with Gasteiger partial charge in [-0.3, -0.25) is 9.59 Å². The van der Waals surface area contributed by atoms with Crippen LogP contribution in [0.5, 0.6) is 0 Å². The van der Waals surface area contributed by atoms with Gasteiger partial charge in [0.2, 0.25) is 0 Å². The van der Waals surface area contributed by atoms with Gasteiger partial charge in [-0.2, -0.15) is 0 Å². The number of aliphatic carboxylic acids is 1. The van der Waals surface area contributed by atoms with E-state index in [-0.39, 0.29) is 12.6 Å². The molecule has 6 heteroatoms. The number of halogens is 1. The summed E-state index contributed by atoms with van der Waals surface area (Å²) in [6.07, 6.45) is 0.991. The molecule has 2 N–H and O–H groups in total. The van der Waals surface area contributed by atoms with Crippen LogP contribution in [0.2, 0.25) is 0 Å². The van der Waals surface area contributed by atoms with Gasteiger partial charge in [0.15, 0.2) is 0 Å². The third-order valence-electron chi connectivity index (χ3n) is 7.90. The van der Waals surface area contributed by atoms with Gasteiger partial charge in [0, 0.05) is 5.57 Å². The lowest BCUT2D eigenvalue weighted by molar-refractivity contribution is -0.147. The fourth-order valence-corrected chi connectivity index (χ4v) is 5.04. The van der Waals surface area contributed by atoms with E-state index in [0.717, 1.165) is 34.1 Å². The molecule has 5 nitrogen and oxygen atoms in total. The zero-order valence-electron chi connectivity index (χ0n) is 26.2. The highest BCUT2D eigenvalue weighted by atomic mass is 79.9. The van der Waals surface area contributed by atoms with Crippen LogP contribution in [0.3, 0.4) is 0 Å². The van der Waals surface area contributed by atoms with E-state index in [1.165, 1.54) is 0 Å². The number of carboxylic acids is 1.